The number of Topliss-reactive ketones (excluding diaryl/α,β-unsaturated/α-hetero) is 1. The Morgan fingerprint density at radius 3 is 2.64 bits per heavy atom. The Kier molecular flexibility index (Phi) is 6.65. The average Bonchev–Trinajstić information content (AvgIpc) is 3.35. The van der Waals surface area contributed by atoms with Crippen LogP contribution in [0.3, 0.4) is 0 Å². The van der Waals surface area contributed by atoms with Crippen LogP contribution in [0, 0.1) is 5.41 Å². The van der Waals surface area contributed by atoms with Crippen molar-refractivity contribution in [1.82, 2.24) is 9.88 Å². The van der Waals surface area contributed by atoms with Gasteiger partial charge in [-0.2, -0.15) is 0 Å². The summed E-state index contributed by atoms with van der Waals surface area (Å²) in [5.41, 5.74) is 2.44. The van der Waals surface area contributed by atoms with Gasteiger partial charge in [-0.3, -0.25) is 10.2 Å². The van der Waals surface area contributed by atoms with E-state index in [0.29, 0.717) is 33.8 Å². The van der Waals surface area contributed by atoms with Crippen LogP contribution in [0.5, 0.6) is 0 Å². The first-order valence-electron chi connectivity index (χ1n) is 9.11. The number of rotatable bonds is 8. The minimum atomic E-state index is 0.0560. The van der Waals surface area contributed by atoms with Crippen molar-refractivity contribution in [2.45, 2.75) is 26.2 Å². The third-order valence-corrected chi connectivity index (χ3v) is 5.63. The lowest BCUT2D eigenvalue weighted by Crippen LogP contribution is -2.27. The van der Waals surface area contributed by atoms with Gasteiger partial charge in [0.1, 0.15) is 12.1 Å². The fraction of sp³-hybridized carbons (Fsp3) is 0.286. The number of carbonyl (C=O) groups is 1. The molecule has 0 atom stereocenters. The normalized spacial score (nSPS) is 10.8. The number of ketones is 1. The third-order valence-electron chi connectivity index (χ3n) is 4.35. The molecule has 0 aliphatic carbocycles. The van der Waals surface area contributed by atoms with Crippen LogP contribution in [0.25, 0.3) is 11.5 Å². The van der Waals surface area contributed by atoms with Gasteiger partial charge in [0.2, 0.25) is 5.89 Å². The maximum atomic E-state index is 12.2. The number of oxazole rings is 1. The first-order valence-corrected chi connectivity index (χ1v) is 10.3. The van der Waals surface area contributed by atoms with Crippen LogP contribution in [0.2, 0.25) is 4.34 Å². The van der Waals surface area contributed by atoms with Crippen molar-refractivity contribution in [3.05, 3.63) is 63.1 Å². The molecular weight excluding hydrogens is 394 g/mol. The van der Waals surface area contributed by atoms with Crippen LogP contribution in [0.15, 0.2) is 47.1 Å². The van der Waals surface area contributed by atoms with E-state index >= 15 is 0 Å². The van der Waals surface area contributed by atoms with Crippen molar-refractivity contribution in [2.75, 3.05) is 13.6 Å². The van der Waals surface area contributed by atoms with E-state index in [9.17, 15) is 4.79 Å². The zero-order valence-electron chi connectivity index (χ0n) is 15.9. The number of hydrogen-bond acceptors (Lipinski definition) is 5. The molecule has 0 aliphatic rings. The summed E-state index contributed by atoms with van der Waals surface area (Å²) >= 11 is 7.17. The first-order chi connectivity index (χ1) is 13.5. The second kappa shape index (κ2) is 9.17. The van der Waals surface area contributed by atoms with Gasteiger partial charge in [-0.25, -0.2) is 4.98 Å². The topological polar surface area (TPSA) is 70.2 Å². The average molecular weight is 416 g/mol. The maximum absolute atomic E-state index is 12.2. The molecule has 0 aliphatic heterocycles. The van der Waals surface area contributed by atoms with Gasteiger partial charge in [0.25, 0.3) is 0 Å². The van der Waals surface area contributed by atoms with Crippen molar-refractivity contribution < 1.29 is 9.21 Å². The van der Waals surface area contributed by atoms with Gasteiger partial charge in [-0.15, -0.1) is 11.3 Å². The molecular formula is C21H22ClN3O2S. The molecule has 146 valence electrons. The minimum Gasteiger partial charge on any atom is -0.444 e. The Hall–Kier alpha value is -2.44. The summed E-state index contributed by atoms with van der Waals surface area (Å²) in [4.78, 5) is 19.3. The lowest BCUT2D eigenvalue weighted by atomic mass is 10.1. The Bertz CT molecular complexity index is 962. The second-order valence-electron chi connectivity index (χ2n) is 6.52. The van der Waals surface area contributed by atoms with Gasteiger partial charge in [-0.1, -0.05) is 30.7 Å². The fourth-order valence-corrected chi connectivity index (χ4v) is 3.83. The summed E-state index contributed by atoms with van der Waals surface area (Å²) in [5, 5.41) is 8.23. The highest BCUT2D eigenvalue weighted by molar-refractivity contribution is 7.18. The third kappa shape index (κ3) is 4.88. The number of halogens is 1. The van der Waals surface area contributed by atoms with Gasteiger partial charge in [0.05, 0.1) is 14.9 Å². The van der Waals surface area contributed by atoms with Crippen LogP contribution < -0.4 is 0 Å². The maximum Gasteiger partial charge on any atom is 0.226 e. The standard InChI is InChI=1S/C21H22ClN3O2S/c1-3-12-25(2)20(23)14-4-6-15(7-5-14)21-24-16(13-27-21)8-9-17(26)18-10-11-19(22)28-18/h4-7,10-11,13,23H,3,8-9,12H2,1-2H3. The number of aromatic nitrogens is 1. The molecule has 28 heavy (non-hydrogen) atoms. The van der Waals surface area contributed by atoms with E-state index in [1.165, 1.54) is 11.3 Å². The monoisotopic (exact) mass is 415 g/mol. The van der Waals surface area contributed by atoms with Gasteiger partial charge in [0.15, 0.2) is 5.78 Å². The van der Waals surface area contributed by atoms with Crippen LogP contribution in [-0.4, -0.2) is 35.1 Å². The van der Waals surface area contributed by atoms with Gasteiger partial charge >= 0.3 is 0 Å². The number of benzene rings is 1. The molecule has 0 fully saturated rings. The van der Waals surface area contributed by atoms with E-state index < -0.39 is 0 Å². The molecule has 0 bridgehead atoms. The van der Waals surface area contributed by atoms with Gasteiger partial charge in [-0.05, 0) is 30.7 Å². The Morgan fingerprint density at radius 2 is 2.00 bits per heavy atom. The number of thiophene rings is 1. The lowest BCUT2D eigenvalue weighted by Gasteiger charge is -2.19. The Balaban J connectivity index is 1.62. The van der Waals surface area contributed by atoms with Gasteiger partial charge < -0.3 is 9.32 Å². The predicted molar refractivity (Wildman–Crippen MR) is 114 cm³/mol. The molecule has 0 spiro atoms. The zero-order valence-corrected chi connectivity index (χ0v) is 17.4. The molecule has 5 nitrogen and oxygen atoms in total. The van der Waals surface area contributed by atoms with Crippen molar-refractivity contribution >= 4 is 34.6 Å². The Labute approximate surface area is 173 Å². The largest absolute Gasteiger partial charge is 0.444 e. The second-order valence-corrected chi connectivity index (χ2v) is 8.23. The Morgan fingerprint density at radius 1 is 1.25 bits per heavy atom. The smallest absolute Gasteiger partial charge is 0.226 e. The minimum absolute atomic E-state index is 0.0560. The SMILES string of the molecule is CCCN(C)C(=N)c1ccc(-c2nc(CCC(=O)c3ccc(Cl)s3)co2)cc1. The number of nitrogens with zero attached hydrogens (tertiary/aromatic N) is 2. The lowest BCUT2D eigenvalue weighted by molar-refractivity contribution is 0.0986. The van der Waals surface area contributed by atoms with Gasteiger partial charge in [0, 0.05) is 37.6 Å². The molecule has 0 unspecified atom stereocenters. The van der Waals surface area contributed by atoms with Crippen LogP contribution in [0.4, 0.5) is 0 Å². The molecule has 7 heteroatoms. The van der Waals surface area contributed by atoms with E-state index in [1.807, 2.05) is 36.2 Å². The quantitative estimate of drug-likeness (QED) is 0.298. The van der Waals surface area contributed by atoms with E-state index in [4.69, 9.17) is 21.4 Å². The first kappa shape index (κ1) is 20.3. The van der Waals surface area contributed by atoms with E-state index in [2.05, 4.69) is 11.9 Å². The van der Waals surface area contributed by atoms with Crippen LogP contribution in [0.1, 0.15) is 40.7 Å². The number of hydrogen-bond donors (Lipinski definition) is 1. The molecule has 1 aromatic carbocycles. The van der Waals surface area contributed by atoms with Crippen molar-refractivity contribution in [3.63, 3.8) is 0 Å². The molecule has 3 aromatic rings. The number of carbonyl (C=O) groups excluding carboxylic acids is 1. The summed E-state index contributed by atoms with van der Waals surface area (Å²) in [6.07, 6.45) is 3.47. The van der Waals surface area contributed by atoms with Crippen LogP contribution >= 0.6 is 22.9 Å². The van der Waals surface area contributed by atoms with E-state index in [-0.39, 0.29) is 5.78 Å². The highest BCUT2D eigenvalue weighted by Crippen LogP contribution is 2.24. The summed E-state index contributed by atoms with van der Waals surface area (Å²) in [5.74, 6) is 1.07. The molecule has 0 saturated carbocycles. The summed E-state index contributed by atoms with van der Waals surface area (Å²) in [6, 6.07) is 11.1. The number of nitrogens with one attached hydrogen (secondary N) is 1. The summed E-state index contributed by atoms with van der Waals surface area (Å²) in [7, 11) is 1.92. The number of aryl methyl sites for hydroxylation is 1. The summed E-state index contributed by atoms with van der Waals surface area (Å²) < 4.78 is 6.19. The predicted octanol–water partition coefficient (Wildman–Crippen LogP) is 5.54. The van der Waals surface area contributed by atoms with E-state index in [1.54, 1.807) is 18.4 Å². The van der Waals surface area contributed by atoms with Crippen molar-refractivity contribution in [3.8, 4) is 11.5 Å². The number of amidine groups is 1. The van der Waals surface area contributed by atoms with Crippen LogP contribution in [-0.2, 0) is 6.42 Å². The molecule has 2 aromatic heterocycles. The highest BCUT2D eigenvalue weighted by atomic mass is 35.5. The molecule has 3 rings (SSSR count). The zero-order chi connectivity index (χ0) is 20.1. The molecule has 0 amide bonds. The van der Waals surface area contributed by atoms with E-state index in [0.717, 1.165) is 29.8 Å². The molecule has 2 heterocycles. The highest BCUT2D eigenvalue weighted by Gasteiger charge is 2.13. The van der Waals surface area contributed by atoms with Crippen molar-refractivity contribution in [2.24, 2.45) is 0 Å². The fourth-order valence-electron chi connectivity index (χ4n) is 2.82. The molecule has 0 radical (unpaired) electrons. The molecule has 1 N–H and O–H groups in total. The summed E-state index contributed by atoms with van der Waals surface area (Å²) in [6.45, 7) is 2.94. The van der Waals surface area contributed by atoms with Crippen molar-refractivity contribution in [1.29, 1.82) is 5.41 Å². The molecule has 0 saturated heterocycles.